The molecule has 0 radical (unpaired) electrons. The molecule has 2 aliphatic heterocycles. The van der Waals surface area contributed by atoms with Gasteiger partial charge in [-0.05, 0) is 6.07 Å². The van der Waals surface area contributed by atoms with Crippen LogP contribution in [0, 0.1) is 0 Å². The predicted octanol–water partition coefficient (Wildman–Crippen LogP) is 0.0621. The van der Waals surface area contributed by atoms with Gasteiger partial charge in [-0.2, -0.15) is 0 Å². The number of hydrogen-bond donors (Lipinski definition) is 1. The zero-order chi connectivity index (χ0) is 13.5. The van der Waals surface area contributed by atoms with E-state index in [4.69, 9.17) is 0 Å². The normalized spacial score (nSPS) is 21.4. The second-order valence-corrected chi connectivity index (χ2v) is 5.69. The summed E-state index contributed by atoms with van der Waals surface area (Å²) in [5.41, 5.74) is 2.18. The molecule has 0 spiro atoms. The topological polar surface area (TPSA) is 49.2 Å². The molecule has 0 atom stereocenters. The second kappa shape index (κ2) is 4.71. The van der Waals surface area contributed by atoms with E-state index >= 15 is 0 Å². The number of imidazole rings is 1. The molecule has 20 heavy (non-hydrogen) atoms. The lowest BCUT2D eigenvalue weighted by molar-refractivity contribution is 0.138. The fourth-order valence-corrected chi connectivity index (χ4v) is 3.11. The zero-order valence-corrected chi connectivity index (χ0v) is 11.8. The highest BCUT2D eigenvalue weighted by Crippen LogP contribution is 2.24. The Balaban J connectivity index is 1.55. The monoisotopic (exact) mass is 272 g/mol. The quantitative estimate of drug-likeness (QED) is 0.838. The van der Waals surface area contributed by atoms with Gasteiger partial charge in [-0.3, -0.25) is 4.90 Å². The van der Waals surface area contributed by atoms with Gasteiger partial charge in [0.15, 0.2) is 5.82 Å². The number of rotatable bonds is 2. The average Bonchev–Trinajstić information content (AvgIpc) is 2.80. The molecule has 2 saturated heterocycles. The molecule has 0 aliphatic carbocycles. The number of pyridine rings is 1. The summed E-state index contributed by atoms with van der Waals surface area (Å²) in [4.78, 5) is 14.0. The van der Waals surface area contributed by atoms with Crippen LogP contribution in [-0.2, 0) is 7.05 Å². The van der Waals surface area contributed by atoms with Gasteiger partial charge >= 0.3 is 0 Å². The van der Waals surface area contributed by atoms with Crippen molar-refractivity contribution in [2.24, 2.45) is 7.05 Å². The van der Waals surface area contributed by atoms with Crippen LogP contribution < -0.4 is 10.2 Å². The minimum atomic E-state index is 0.746. The van der Waals surface area contributed by atoms with Crippen molar-refractivity contribution < 1.29 is 0 Å². The molecule has 6 heteroatoms. The van der Waals surface area contributed by atoms with Crippen LogP contribution in [0.15, 0.2) is 18.6 Å². The maximum atomic E-state index is 4.57. The summed E-state index contributed by atoms with van der Waals surface area (Å²) < 4.78 is 2.05. The van der Waals surface area contributed by atoms with Gasteiger partial charge in [0.2, 0.25) is 0 Å². The SMILES string of the molecule is Cn1cnc2c(N3CCN(C4CNC4)CC3)nccc21. The molecule has 0 unspecified atom stereocenters. The molecule has 6 nitrogen and oxygen atoms in total. The summed E-state index contributed by atoms with van der Waals surface area (Å²) >= 11 is 0. The molecule has 0 saturated carbocycles. The number of anilines is 1. The first-order valence-corrected chi connectivity index (χ1v) is 7.28. The molecule has 2 aromatic heterocycles. The number of aromatic nitrogens is 3. The summed E-state index contributed by atoms with van der Waals surface area (Å²) in [6.07, 6.45) is 3.76. The fourth-order valence-electron chi connectivity index (χ4n) is 3.11. The average molecular weight is 272 g/mol. The van der Waals surface area contributed by atoms with Gasteiger partial charge in [0.05, 0.1) is 11.8 Å². The van der Waals surface area contributed by atoms with Crippen LogP contribution in [0.3, 0.4) is 0 Å². The number of piperazine rings is 1. The van der Waals surface area contributed by atoms with Crippen molar-refractivity contribution in [1.29, 1.82) is 0 Å². The van der Waals surface area contributed by atoms with E-state index in [9.17, 15) is 0 Å². The first-order valence-electron chi connectivity index (χ1n) is 7.28. The maximum absolute atomic E-state index is 4.57. The smallest absolute Gasteiger partial charge is 0.156 e. The molecule has 106 valence electrons. The van der Waals surface area contributed by atoms with Crippen molar-refractivity contribution in [1.82, 2.24) is 24.8 Å². The van der Waals surface area contributed by atoms with Crippen LogP contribution in [0.5, 0.6) is 0 Å². The van der Waals surface area contributed by atoms with Crippen molar-refractivity contribution in [3.05, 3.63) is 18.6 Å². The van der Waals surface area contributed by atoms with Crippen LogP contribution in [0.2, 0.25) is 0 Å². The van der Waals surface area contributed by atoms with E-state index < -0.39 is 0 Å². The number of aryl methyl sites for hydroxylation is 1. The lowest BCUT2D eigenvalue weighted by Gasteiger charge is -2.43. The van der Waals surface area contributed by atoms with E-state index in [-0.39, 0.29) is 0 Å². The molecule has 2 aliphatic rings. The van der Waals surface area contributed by atoms with Crippen LogP contribution in [0.1, 0.15) is 0 Å². The highest BCUT2D eigenvalue weighted by molar-refractivity contribution is 5.86. The standard InChI is InChI=1S/C14H20N6/c1-18-10-17-13-12(18)2-3-16-14(13)20-6-4-19(5-7-20)11-8-15-9-11/h2-3,10-11,15H,4-9H2,1H3. The molecule has 0 aromatic carbocycles. The third-order valence-corrected chi connectivity index (χ3v) is 4.51. The Morgan fingerprint density at radius 2 is 1.95 bits per heavy atom. The van der Waals surface area contributed by atoms with E-state index in [0.717, 1.165) is 62.2 Å². The first kappa shape index (κ1) is 12.1. The molecule has 1 N–H and O–H groups in total. The highest BCUT2D eigenvalue weighted by Gasteiger charge is 2.28. The van der Waals surface area contributed by atoms with E-state index in [1.165, 1.54) is 0 Å². The number of nitrogens with one attached hydrogen (secondary N) is 1. The maximum Gasteiger partial charge on any atom is 0.156 e. The Labute approximate surface area is 118 Å². The minimum absolute atomic E-state index is 0.746. The molecular weight excluding hydrogens is 252 g/mol. The lowest BCUT2D eigenvalue weighted by Crippen LogP contribution is -2.61. The largest absolute Gasteiger partial charge is 0.352 e. The summed E-state index contributed by atoms with van der Waals surface area (Å²) in [5.74, 6) is 1.04. The number of fused-ring (bicyclic) bond motifs is 1. The summed E-state index contributed by atoms with van der Waals surface area (Å²) in [7, 11) is 2.03. The van der Waals surface area contributed by atoms with E-state index in [1.54, 1.807) is 0 Å². The molecule has 0 bridgehead atoms. The molecule has 4 heterocycles. The van der Waals surface area contributed by atoms with Crippen LogP contribution >= 0.6 is 0 Å². The molecule has 4 rings (SSSR count). The Morgan fingerprint density at radius 1 is 1.15 bits per heavy atom. The fraction of sp³-hybridized carbons (Fsp3) is 0.571. The van der Waals surface area contributed by atoms with Crippen molar-refractivity contribution in [2.75, 3.05) is 44.2 Å². The summed E-state index contributed by atoms with van der Waals surface area (Å²) in [6.45, 7) is 6.62. The Bertz CT molecular complexity index is 609. The third-order valence-electron chi connectivity index (χ3n) is 4.51. The molecule has 2 aromatic rings. The first-order chi connectivity index (χ1) is 9.83. The van der Waals surface area contributed by atoms with E-state index in [1.807, 2.05) is 25.6 Å². The van der Waals surface area contributed by atoms with Gasteiger partial charge in [0, 0.05) is 58.6 Å². The Hall–Kier alpha value is -1.66. The van der Waals surface area contributed by atoms with Gasteiger partial charge in [-0.25, -0.2) is 9.97 Å². The Morgan fingerprint density at radius 3 is 2.65 bits per heavy atom. The lowest BCUT2D eigenvalue weighted by atomic mass is 10.1. The van der Waals surface area contributed by atoms with Crippen molar-refractivity contribution in [3.63, 3.8) is 0 Å². The molecule has 0 amide bonds. The Kier molecular flexibility index (Phi) is 2.85. The van der Waals surface area contributed by atoms with Gasteiger partial charge in [-0.15, -0.1) is 0 Å². The molecule has 2 fully saturated rings. The van der Waals surface area contributed by atoms with Gasteiger partial charge in [0.1, 0.15) is 5.52 Å². The van der Waals surface area contributed by atoms with Crippen LogP contribution in [-0.4, -0.2) is 64.7 Å². The van der Waals surface area contributed by atoms with Crippen LogP contribution in [0.25, 0.3) is 11.0 Å². The van der Waals surface area contributed by atoms with Gasteiger partial charge in [-0.1, -0.05) is 0 Å². The number of hydrogen-bond acceptors (Lipinski definition) is 5. The van der Waals surface area contributed by atoms with Gasteiger partial charge < -0.3 is 14.8 Å². The number of nitrogens with zero attached hydrogens (tertiary/aromatic N) is 5. The second-order valence-electron chi connectivity index (χ2n) is 5.69. The highest BCUT2D eigenvalue weighted by atomic mass is 15.3. The van der Waals surface area contributed by atoms with E-state index in [0.29, 0.717) is 0 Å². The van der Waals surface area contributed by atoms with Crippen molar-refractivity contribution in [3.8, 4) is 0 Å². The predicted molar refractivity (Wildman–Crippen MR) is 79.0 cm³/mol. The van der Waals surface area contributed by atoms with Crippen molar-refractivity contribution in [2.45, 2.75) is 6.04 Å². The molecular formula is C14H20N6. The summed E-state index contributed by atoms with van der Waals surface area (Å²) in [6, 6.07) is 2.78. The minimum Gasteiger partial charge on any atom is -0.352 e. The van der Waals surface area contributed by atoms with E-state index in [2.05, 4.69) is 29.7 Å². The van der Waals surface area contributed by atoms with Crippen LogP contribution in [0.4, 0.5) is 5.82 Å². The van der Waals surface area contributed by atoms with Crippen molar-refractivity contribution >= 4 is 16.9 Å². The summed E-state index contributed by atoms with van der Waals surface area (Å²) in [5, 5.41) is 3.35. The third kappa shape index (κ3) is 1.87. The van der Waals surface area contributed by atoms with Gasteiger partial charge in [0.25, 0.3) is 0 Å². The zero-order valence-electron chi connectivity index (χ0n) is 11.8.